The lowest BCUT2D eigenvalue weighted by atomic mass is 10.0. The minimum absolute atomic E-state index is 0.0229. The molecule has 1 aromatic heterocycles. The Labute approximate surface area is 165 Å². The molecular weight excluding hydrogens is 378 g/mol. The standard InChI is InChI=1S/C21H19NO7/c1-11-15-8-7-14(28-2)9-17(15)29-21(27)16(11)10-18(24)22-19(20(25)26)12-3-5-13(23)6-4-12/h3-9,19,23H,10H2,1-2H3,(H,22,24)(H,25,26). The smallest absolute Gasteiger partial charge is 0.340 e. The van der Waals surface area contributed by atoms with Crippen molar-refractivity contribution in [3.63, 3.8) is 0 Å². The first-order chi connectivity index (χ1) is 13.8. The third-order valence-corrected chi connectivity index (χ3v) is 4.61. The number of phenols is 1. The first kappa shape index (κ1) is 19.9. The molecule has 3 N–H and O–H groups in total. The summed E-state index contributed by atoms with van der Waals surface area (Å²) >= 11 is 0. The van der Waals surface area contributed by atoms with Crippen molar-refractivity contribution in [3.05, 3.63) is 69.6 Å². The highest BCUT2D eigenvalue weighted by Gasteiger charge is 2.23. The Morgan fingerprint density at radius 3 is 2.48 bits per heavy atom. The summed E-state index contributed by atoms with van der Waals surface area (Å²) in [4.78, 5) is 36.4. The molecule has 0 bridgehead atoms. The zero-order valence-electron chi connectivity index (χ0n) is 15.8. The zero-order valence-corrected chi connectivity index (χ0v) is 15.8. The number of phenolic OH excluding ortho intramolecular Hbond substituents is 1. The van der Waals surface area contributed by atoms with Crippen LogP contribution in [-0.2, 0) is 16.0 Å². The van der Waals surface area contributed by atoms with Gasteiger partial charge in [-0.3, -0.25) is 4.79 Å². The summed E-state index contributed by atoms with van der Waals surface area (Å²) in [6.07, 6.45) is -0.335. The second-order valence-electron chi connectivity index (χ2n) is 6.46. The van der Waals surface area contributed by atoms with Crippen molar-refractivity contribution in [2.45, 2.75) is 19.4 Å². The largest absolute Gasteiger partial charge is 0.508 e. The Bertz CT molecular complexity index is 1130. The van der Waals surface area contributed by atoms with Crippen LogP contribution in [-0.4, -0.2) is 29.2 Å². The molecule has 3 aromatic rings. The molecule has 1 atom stereocenters. The van der Waals surface area contributed by atoms with E-state index < -0.39 is 23.5 Å². The highest BCUT2D eigenvalue weighted by atomic mass is 16.5. The first-order valence-electron chi connectivity index (χ1n) is 8.71. The molecule has 0 saturated heterocycles. The molecule has 0 fully saturated rings. The van der Waals surface area contributed by atoms with Crippen LogP contribution >= 0.6 is 0 Å². The average molecular weight is 397 g/mol. The number of carbonyl (C=O) groups excluding carboxylic acids is 1. The van der Waals surface area contributed by atoms with E-state index in [1.54, 1.807) is 25.1 Å². The molecule has 0 aliphatic carbocycles. The summed E-state index contributed by atoms with van der Waals surface area (Å²) < 4.78 is 10.4. The predicted molar refractivity (Wildman–Crippen MR) is 104 cm³/mol. The van der Waals surface area contributed by atoms with Gasteiger partial charge in [-0.1, -0.05) is 12.1 Å². The lowest BCUT2D eigenvalue weighted by Crippen LogP contribution is -2.35. The number of hydrogen-bond donors (Lipinski definition) is 3. The van der Waals surface area contributed by atoms with E-state index in [4.69, 9.17) is 9.15 Å². The van der Waals surface area contributed by atoms with Crippen LogP contribution in [0.3, 0.4) is 0 Å². The van der Waals surface area contributed by atoms with Crippen LogP contribution < -0.4 is 15.7 Å². The van der Waals surface area contributed by atoms with Gasteiger partial charge in [0.15, 0.2) is 6.04 Å². The second-order valence-corrected chi connectivity index (χ2v) is 6.46. The maximum Gasteiger partial charge on any atom is 0.340 e. The molecule has 0 aliphatic rings. The normalized spacial score (nSPS) is 11.8. The van der Waals surface area contributed by atoms with Gasteiger partial charge in [0, 0.05) is 11.5 Å². The first-order valence-corrected chi connectivity index (χ1v) is 8.71. The number of carboxylic acids is 1. The van der Waals surface area contributed by atoms with Crippen LogP contribution in [0.1, 0.15) is 22.7 Å². The van der Waals surface area contributed by atoms with Crippen LogP contribution in [0.25, 0.3) is 11.0 Å². The number of fused-ring (bicyclic) bond motifs is 1. The SMILES string of the molecule is COc1ccc2c(C)c(CC(=O)NC(C(=O)O)c3ccc(O)cc3)c(=O)oc2c1. The van der Waals surface area contributed by atoms with E-state index in [0.717, 1.165) is 0 Å². The molecule has 8 heteroatoms. The number of aromatic hydroxyl groups is 1. The number of ether oxygens (including phenoxy) is 1. The summed E-state index contributed by atoms with van der Waals surface area (Å²) in [7, 11) is 1.50. The number of aryl methyl sites for hydroxylation is 1. The zero-order chi connectivity index (χ0) is 21.1. The molecule has 0 spiro atoms. The van der Waals surface area contributed by atoms with Gasteiger partial charge in [-0.15, -0.1) is 0 Å². The summed E-state index contributed by atoms with van der Waals surface area (Å²) in [6.45, 7) is 1.70. The Morgan fingerprint density at radius 2 is 1.86 bits per heavy atom. The minimum atomic E-state index is -1.32. The van der Waals surface area contributed by atoms with Crippen molar-refractivity contribution in [2.24, 2.45) is 0 Å². The quantitative estimate of drug-likeness (QED) is 0.545. The van der Waals surface area contributed by atoms with Gasteiger partial charge in [-0.25, -0.2) is 9.59 Å². The molecule has 29 heavy (non-hydrogen) atoms. The summed E-state index contributed by atoms with van der Waals surface area (Å²) in [5.41, 5.74) is 0.678. The van der Waals surface area contributed by atoms with E-state index in [-0.39, 0.29) is 23.3 Å². The van der Waals surface area contributed by atoms with Crippen molar-refractivity contribution in [2.75, 3.05) is 7.11 Å². The molecule has 0 radical (unpaired) electrons. The molecule has 2 aromatic carbocycles. The van der Waals surface area contributed by atoms with Crippen molar-refractivity contribution in [3.8, 4) is 11.5 Å². The Hall–Kier alpha value is -3.81. The summed E-state index contributed by atoms with van der Waals surface area (Å²) in [5.74, 6) is -1.40. The number of nitrogens with one attached hydrogen (secondary N) is 1. The molecule has 1 amide bonds. The fraction of sp³-hybridized carbons (Fsp3) is 0.190. The highest BCUT2D eigenvalue weighted by Crippen LogP contribution is 2.24. The maximum atomic E-state index is 12.5. The summed E-state index contributed by atoms with van der Waals surface area (Å²) in [6, 6.07) is 9.16. The molecule has 0 aliphatic heterocycles. The van der Waals surface area contributed by atoms with Gasteiger partial charge in [0.05, 0.1) is 19.1 Å². The van der Waals surface area contributed by atoms with Gasteiger partial charge in [-0.2, -0.15) is 0 Å². The summed E-state index contributed by atoms with van der Waals surface area (Å²) in [5, 5.41) is 21.8. The van der Waals surface area contributed by atoms with Gasteiger partial charge in [0.2, 0.25) is 5.91 Å². The van der Waals surface area contributed by atoms with E-state index in [0.29, 0.717) is 22.3 Å². The van der Waals surface area contributed by atoms with Gasteiger partial charge in [0.1, 0.15) is 17.1 Å². The van der Waals surface area contributed by atoms with Gasteiger partial charge in [-0.05, 0) is 42.3 Å². The van der Waals surface area contributed by atoms with E-state index in [9.17, 15) is 24.6 Å². The number of aliphatic carboxylic acids is 1. The van der Waals surface area contributed by atoms with E-state index in [1.165, 1.54) is 31.4 Å². The number of methoxy groups -OCH3 is 1. The molecule has 1 heterocycles. The van der Waals surface area contributed by atoms with Gasteiger partial charge < -0.3 is 24.7 Å². The van der Waals surface area contributed by atoms with Gasteiger partial charge >= 0.3 is 11.6 Å². The Morgan fingerprint density at radius 1 is 1.17 bits per heavy atom. The third kappa shape index (κ3) is 4.21. The topological polar surface area (TPSA) is 126 Å². The van der Waals surface area contributed by atoms with Crippen molar-refractivity contribution in [1.29, 1.82) is 0 Å². The second kappa shape index (κ2) is 8.05. The van der Waals surface area contributed by atoms with Crippen molar-refractivity contribution < 1.29 is 29.0 Å². The lowest BCUT2D eigenvalue weighted by molar-refractivity contribution is -0.142. The predicted octanol–water partition coefficient (Wildman–Crippen LogP) is 2.30. The maximum absolute atomic E-state index is 12.5. The third-order valence-electron chi connectivity index (χ3n) is 4.61. The van der Waals surface area contributed by atoms with Crippen LogP contribution in [0.5, 0.6) is 11.5 Å². The minimum Gasteiger partial charge on any atom is -0.508 e. The van der Waals surface area contributed by atoms with Crippen LogP contribution in [0, 0.1) is 6.92 Å². The fourth-order valence-electron chi connectivity index (χ4n) is 3.03. The molecule has 3 rings (SSSR count). The number of hydrogen-bond acceptors (Lipinski definition) is 6. The molecule has 0 saturated carbocycles. The number of amides is 1. The molecule has 8 nitrogen and oxygen atoms in total. The number of benzene rings is 2. The number of rotatable bonds is 6. The lowest BCUT2D eigenvalue weighted by Gasteiger charge is -2.15. The van der Waals surface area contributed by atoms with Crippen molar-refractivity contribution >= 4 is 22.8 Å². The van der Waals surface area contributed by atoms with Crippen LogP contribution in [0.4, 0.5) is 0 Å². The van der Waals surface area contributed by atoms with E-state index in [2.05, 4.69) is 5.32 Å². The van der Waals surface area contributed by atoms with Crippen LogP contribution in [0.15, 0.2) is 51.7 Å². The number of carboxylic acid groups (broad SMARTS) is 1. The fourth-order valence-corrected chi connectivity index (χ4v) is 3.03. The molecule has 1 unspecified atom stereocenters. The van der Waals surface area contributed by atoms with E-state index >= 15 is 0 Å². The highest BCUT2D eigenvalue weighted by molar-refractivity contribution is 5.88. The van der Waals surface area contributed by atoms with Gasteiger partial charge in [0.25, 0.3) is 0 Å². The molecular formula is C21H19NO7. The van der Waals surface area contributed by atoms with Crippen LogP contribution in [0.2, 0.25) is 0 Å². The van der Waals surface area contributed by atoms with Crippen molar-refractivity contribution in [1.82, 2.24) is 5.32 Å². The molecule has 150 valence electrons. The Kier molecular flexibility index (Phi) is 5.54. The average Bonchev–Trinajstić information content (AvgIpc) is 2.69. The van der Waals surface area contributed by atoms with E-state index in [1.807, 2.05) is 0 Å². The Balaban J connectivity index is 1.87. The monoisotopic (exact) mass is 397 g/mol. The number of carbonyl (C=O) groups is 2.